The van der Waals surface area contributed by atoms with Crippen LogP contribution in [0.4, 0.5) is 5.69 Å². The van der Waals surface area contributed by atoms with Crippen LogP contribution in [-0.2, 0) is 0 Å². The zero-order chi connectivity index (χ0) is 11.4. The van der Waals surface area contributed by atoms with Gasteiger partial charge in [0.05, 0.1) is 0 Å². The summed E-state index contributed by atoms with van der Waals surface area (Å²) in [6.45, 7) is 5.13. The highest BCUT2D eigenvalue weighted by Crippen LogP contribution is 2.25. The number of nitrogens with zero attached hydrogens (tertiary/aromatic N) is 1. The van der Waals surface area contributed by atoms with Gasteiger partial charge in [0.15, 0.2) is 0 Å². The third-order valence-corrected chi connectivity index (χ3v) is 2.88. The Labute approximate surface area is 93.1 Å². The fraction of sp³-hybridized carbons (Fsp3) is 0.538. The van der Waals surface area contributed by atoms with Crippen LogP contribution in [-0.4, -0.2) is 20.6 Å². The molecule has 2 nitrogen and oxygen atoms in total. The van der Waals surface area contributed by atoms with Crippen molar-refractivity contribution >= 4 is 5.69 Å². The average molecular weight is 206 g/mol. The van der Waals surface area contributed by atoms with Crippen molar-refractivity contribution in [3.8, 4) is 0 Å². The second-order valence-electron chi connectivity index (χ2n) is 4.42. The van der Waals surface area contributed by atoms with Gasteiger partial charge >= 0.3 is 0 Å². The minimum atomic E-state index is 0.550. The summed E-state index contributed by atoms with van der Waals surface area (Å²) in [6.07, 6.45) is 1.05. The molecule has 0 spiro atoms. The molecule has 0 heterocycles. The van der Waals surface area contributed by atoms with E-state index in [1.54, 1.807) is 0 Å². The van der Waals surface area contributed by atoms with Crippen molar-refractivity contribution in [1.29, 1.82) is 0 Å². The molecule has 0 saturated heterocycles. The van der Waals surface area contributed by atoms with E-state index in [4.69, 9.17) is 5.73 Å². The topological polar surface area (TPSA) is 29.3 Å². The van der Waals surface area contributed by atoms with Gasteiger partial charge in [0.25, 0.3) is 0 Å². The maximum absolute atomic E-state index is 5.58. The van der Waals surface area contributed by atoms with Crippen LogP contribution >= 0.6 is 0 Å². The van der Waals surface area contributed by atoms with Gasteiger partial charge in [-0.1, -0.05) is 19.1 Å². The summed E-state index contributed by atoms with van der Waals surface area (Å²) in [5.74, 6) is 0.550. The van der Waals surface area contributed by atoms with Crippen molar-refractivity contribution in [2.75, 3.05) is 25.5 Å². The zero-order valence-electron chi connectivity index (χ0n) is 10.2. The number of anilines is 1. The van der Waals surface area contributed by atoms with Crippen molar-refractivity contribution in [1.82, 2.24) is 0 Å². The first-order valence-electron chi connectivity index (χ1n) is 5.54. The van der Waals surface area contributed by atoms with Crippen molar-refractivity contribution in [3.05, 3.63) is 29.3 Å². The van der Waals surface area contributed by atoms with E-state index in [2.05, 4.69) is 51.0 Å². The molecular weight excluding hydrogens is 184 g/mol. The van der Waals surface area contributed by atoms with E-state index in [1.165, 1.54) is 16.8 Å². The maximum Gasteiger partial charge on any atom is 0.0393 e. The van der Waals surface area contributed by atoms with Crippen LogP contribution in [0.25, 0.3) is 0 Å². The molecule has 1 unspecified atom stereocenters. The standard InChI is InChI=1S/C13H22N2/c1-10(7-8-14)12-6-5-11(2)13(9-12)15(3)4/h5-6,9-10H,7-8,14H2,1-4H3. The SMILES string of the molecule is Cc1ccc(C(C)CCN)cc1N(C)C. The van der Waals surface area contributed by atoms with Crippen LogP contribution in [0.3, 0.4) is 0 Å². The van der Waals surface area contributed by atoms with E-state index < -0.39 is 0 Å². The first-order chi connectivity index (χ1) is 7.06. The Hall–Kier alpha value is -1.02. The molecule has 1 rings (SSSR count). The van der Waals surface area contributed by atoms with Crippen molar-refractivity contribution in [2.45, 2.75) is 26.2 Å². The number of hydrogen-bond acceptors (Lipinski definition) is 2. The lowest BCUT2D eigenvalue weighted by Gasteiger charge is -2.19. The number of aryl methyl sites for hydroxylation is 1. The van der Waals surface area contributed by atoms with Crippen LogP contribution in [0, 0.1) is 6.92 Å². The Morgan fingerprint density at radius 1 is 1.33 bits per heavy atom. The van der Waals surface area contributed by atoms with Gasteiger partial charge in [0.1, 0.15) is 0 Å². The van der Waals surface area contributed by atoms with Gasteiger partial charge in [-0.15, -0.1) is 0 Å². The van der Waals surface area contributed by atoms with Gasteiger partial charge in [0, 0.05) is 19.8 Å². The molecule has 2 heteroatoms. The minimum absolute atomic E-state index is 0.550. The summed E-state index contributed by atoms with van der Waals surface area (Å²) in [6, 6.07) is 6.68. The number of hydrogen-bond donors (Lipinski definition) is 1. The number of benzene rings is 1. The Kier molecular flexibility index (Phi) is 4.15. The number of rotatable bonds is 4. The van der Waals surface area contributed by atoms with Crippen LogP contribution in [0.1, 0.15) is 30.4 Å². The molecule has 0 aliphatic rings. The Morgan fingerprint density at radius 3 is 2.53 bits per heavy atom. The molecule has 0 aliphatic carbocycles. The second kappa shape index (κ2) is 5.17. The van der Waals surface area contributed by atoms with Gasteiger partial charge in [0.2, 0.25) is 0 Å². The average Bonchev–Trinajstić information content (AvgIpc) is 2.18. The summed E-state index contributed by atoms with van der Waals surface area (Å²) in [7, 11) is 4.17. The fourth-order valence-electron chi connectivity index (χ4n) is 1.83. The van der Waals surface area contributed by atoms with E-state index in [9.17, 15) is 0 Å². The lowest BCUT2D eigenvalue weighted by atomic mass is 9.96. The van der Waals surface area contributed by atoms with E-state index in [1.807, 2.05) is 0 Å². The quantitative estimate of drug-likeness (QED) is 0.820. The molecule has 0 bridgehead atoms. The van der Waals surface area contributed by atoms with E-state index in [0.717, 1.165) is 13.0 Å². The highest BCUT2D eigenvalue weighted by molar-refractivity contribution is 5.54. The lowest BCUT2D eigenvalue weighted by molar-refractivity contribution is 0.690. The summed E-state index contributed by atoms with van der Waals surface area (Å²) >= 11 is 0. The minimum Gasteiger partial charge on any atom is -0.377 e. The molecule has 84 valence electrons. The molecule has 0 saturated carbocycles. The molecule has 0 aromatic heterocycles. The Morgan fingerprint density at radius 2 is 2.00 bits per heavy atom. The summed E-state index contributed by atoms with van der Waals surface area (Å²) in [5, 5.41) is 0. The number of nitrogens with two attached hydrogens (primary N) is 1. The lowest BCUT2D eigenvalue weighted by Crippen LogP contribution is -2.11. The molecule has 0 aliphatic heterocycles. The largest absolute Gasteiger partial charge is 0.377 e. The smallest absolute Gasteiger partial charge is 0.0393 e. The summed E-state index contributed by atoms with van der Waals surface area (Å²) in [4.78, 5) is 2.16. The third kappa shape index (κ3) is 2.96. The van der Waals surface area contributed by atoms with Gasteiger partial charge in [-0.25, -0.2) is 0 Å². The van der Waals surface area contributed by atoms with Crippen LogP contribution in [0.15, 0.2) is 18.2 Å². The molecule has 0 radical (unpaired) electrons. The van der Waals surface area contributed by atoms with Gasteiger partial charge in [-0.3, -0.25) is 0 Å². The molecule has 0 fully saturated rings. The van der Waals surface area contributed by atoms with Gasteiger partial charge in [-0.2, -0.15) is 0 Å². The molecular formula is C13H22N2. The molecule has 1 aromatic carbocycles. The predicted octanol–water partition coefficient (Wildman–Crippen LogP) is 2.51. The van der Waals surface area contributed by atoms with Crippen LogP contribution in [0.2, 0.25) is 0 Å². The van der Waals surface area contributed by atoms with Crippen LogP contribution in [0.5, 0.6) is 0 Å². The highest BCUT2D eigenvalue weighted by atomic mass is 15.1. The van der Waals surface area contributed by atoms with Gasteiger partial charge < -0.3 is 10.6 Å². The fourth-order valence-corrected chi connectivity index (χ4v) is 1.83. The highest BCUT2D eigenvalue weighted by Gasteiger charge is 2.07. The molecule has 1 aromatic rings. The van der Waals surface area contributed by atoms with Crippen molar-refractivity contribution in [2.24, 2.45) is 5.73 Å². The molecule has 2 N–H and O–H groups in total. The first-order valence-corrected chi connectivity index (χ1v) is 5.54. The monoisotopic (exact) mass is 206 g/mol. The van der Waals surface area contributed by atoms with Crippen molar-refractivity contribution < 1.29 is 0 Å². The van der Waals surface area contributed by atoms with E-state index in [0.29, 0.717) is 5.92 Å². The summed E-state index contributed by atoms with van der Waals surface area (Å²) < 4.78 is 0. The Bertz CT molecular complexity index is 318. The summed E-state index contributed by atoms with van der Waals surface area (Å²) in [5.41, 5.74) is 9.59. The first kappa shape index (κ1) is 12.1. The van der Waals surface area contributed by atoms with Gasteiger partial charge in [-0.05, 0) is 43.0 Å². The van der Waals surface area contributed by atoms with Crippen molar-refractivity contribution in [3.63, 3.8) is 0 Å². The maximum atomic E-state index is 5.58. The second-order valence-corrected chi connectivity index (χ2v) is 4.42. The Balaban J connectivity index is 2.96. The normalized spacial score (nSPS) is 12.6. The molecule has 1 atom stereocenters. The van der Waals surface area contributed by atoms with E-state index >= 15 is 0 Å². The van der Waals surface area contributed by atoms with Crippen LogP contribution < -0.4 is 10.6 Å². The zero-order valence-corrected chi connectivity index (χ0v) is 10.2. The van der Waals surface area contributed by atoms with E-state index in [-0.39, 0.29) is 0 Å². The predicted molar refractivity (Wildman–Crippen MR) is 67.6 cm³/mol. The third-order valence-electron chi connectivity index (χ3n) is 2.88. The molecule has 15 heavy (non-hydrogen) atoms. The molecule has 0 amide bonds.